The number of anilines is 1. The maximum atomic E-state index is 12.9. The van der Waals surface area contributed by atoms with Gasteiger partial charge in [0.25, 0.3) is 0 Å². The smallest absolute Gasteiger partial charge is 0.422 e. The van der Waals surface area contributed by atoms with Crippen molar-refractivity contribution in [3.05, 3.63) is 47.5 Å². The number of rotatable bonds is 6. The minimum Gasteiger partial charge on any atom is -0.482 e. The van der Waals surface area contributed by atoms with Gasteiger partial charge in [-0.2, -0.15) is 13.2 Å². The normalized spacial score (nSPS) is 15.8. The molecule has 0 aromatic heterocycles. The van der Waals surface area contributed by atoms with Crippen LogP contribution in [0.25, 0.3) is 11.1 Å². The first-order valence-electron chi connectivity index (χ1n) is 10.0. The average Bonchev–Trinajstić information content (AvgIpc) is 3.19. The van der Waals surface area contributed by atoms with Crippen molar-refractivity contribution in [3.8, 4) is 16.9 Å². The molecule has 0 amide bonds. The lowest BCUT2D eigenvalue weighted by Crippen LogP contribution is -2.35. The van der Waals surface area contributed by atoms with Crippen LogP contribution in [0.15, 0.2) is 36.4 Å². The van der Waals surface area contributed by atoms with E-state index in [-0.39, 0.29) is 24.0 Å². The number of halogens is 3. The van der Waals surface area contributed by atoms with E-state index in [4.69, 9.17) is 15.2 Å². The van der Waals surface area contributed by atoms with E-state index < -0.39 is 18.2 Å². The van der Waals surface area contributed by atoms with Crippen LogP contribution in [0.5, 0.6) is 5.75 Å². The standard InChI is InChI=1S/C23H26F3NO3/c1-3-29-21(28)22(10-4-5-11-22)17-12-18(16-8-6-15(2)7-9-16)20(27)19(13-17)30-14-23(24,25)26/h6-9,12-13H,3-5,10-11,14,27H2,1-2H3. The Labute approximate surface area is 174 Å². The van der Waals surface area contributed by atoms with Gasteiger partial charge in [-0.25, -0.2) is 0 Å². The largest absolute Gasteiger partial charge is 0.482 e. The van der Waals surface area contributed by atoms with E-state index in [2.05, 4.69) is 0 Å². The number of aryl methyl sites for hydroxylation is 1. The minimum atomic E-state index is -4.50. The molecule has 0 radical (unpaired) electrons. The molecule has 2 aromatic carbocycles. The number of nitrogen functional groups attached to an aromatic ring is 1. The van der Waals surface area contributed by atoms with Crippen LogP contribution in [0.4, 0.5) is 18.9 Å². The van der Waals surface area contributed by atoms with Gasteiger partial charge in [-0.1, -0.05) is 42.7 Å². The van der Waals surface area contributed by atoms with Crippen molar-refractivity contribution in [1.29, 1.82) is 0 Å². The van der Waals surface area contributed by atoms with Crippen LogP contribution in [-0.4, -0.2) is 25.4 Å². The number of hydrogen-bond acceptors (Lipinski definition) is 4. The molecule has 0 bridgehead atoms. The second kappa shape index (κ2) is 8.58. The second-order valence-corrected chi connectivity index (χ2v) is 7.72. The highest BCUT2D eigenvalue weighted by Gasteiger charge is 2.45. The van der Waals surface area contributed by atoms with Gasteiger partial charge in [0, 0.05) is 5.56 Å². The molecule has 3 rings (SSSR count). The molecule has 2 N–H and O–H groups in total. The Balaban J connectivity index is 2.15. The maximum Gasteiger partial charge on any atom is 0.422 e. The Morgan fingerprint density at radius 1 is 1.13 bits per heavy atom. The first-order valence-corrected chi connectivity index (χ1v) is 10.0. The Morgan fingerprint density at radius 3 is 2.33 bits per heavy atom. The first kappa shape index (κ1) is 22.0. The number of alkyl halides is 3. The zero-order valence-corrected chi connectivity index (χ0v) is 17.1. The molecule has 4 nitrogen and oxygen atoms in total. The van der Waals surface area contributed by atoms with Gasteiger partial charge in [0.15, 0.2) is 6.61 Å². The first-order chi connectivity index (χ1) is 14.2. The number of ether oxygens (including phenoxy) is 2. The van der Waals surface area contributed by atoms with Gasteiger partial charge in [0.05, 0.1) is 17.7 Å². The number of esters is 1. The summed E-state index contributed by atoms with van der Waals surface area (Å²) < 4.78 is 48.8. The molecular formula is C23H26F3NO3. The summed E-state index contributed by atoms with van der Waals surface area (Å²) in [5, 5.41) is 0. The molecule has 2 aromatic rings. The van der Waals surface area contributed by atoms with E-state index in [0.29, 0.717) is 24.0 Å². The Morgan fingerprint density at radius 2 is 1.77 bits per heavy atom. The molecule has 1 aliphatic rings. The van der Waals surface area contributed by atoms with Crippen molar-refractivity contribution in [2.75, 3.05) is 18.9 Å². The molecule has 162 valence electrons. The summed E-state index contributed by atoms with van der Waals surface area (Å²) in [6.07, 6.45) is -1.69. The van der Waals surface area contributed by atoms with Gasteiger partial charge >= 0.3 is 12.1 Å². The fourth-order valence-corrected chi connectivity index (χ4v) is 4.01. The van der Waals surface area contributed by atoms with Crippen molar-refractivity contribution in [3.63, 3.8) is 0 Å². The van der Waals surface area contributed by atoms with Crippen LogP contribution in [0.2, 0.25) is 0 Å². The van der Waals surface area contributed by atoms with Gasteiger partial charge in [0.1, 0.15) is 5.75 Å². The van der Waals surface area contributed by atoms with Crippen LogP contribution < -0.4 is 10.5 Å². The lowest BCUT2D eigenvalue weighted by Gasteiger charge is -2.29. The monoisotopic (exact) mass is 421 g/mol. The summed E-state index contributed by atoms with van der Waals surface area (Å²) in [5.74, 6) is -0.431. The van der Waals surface area contributed by atoms with E-state index in [1.54, 1.807) is 13.0 Å². The van der Waals surface area contributed by atoms with Crippen molar-refractivity contribution < 1.29 is 27.4 Å². The fourth-order valence-electron chi connectivity index (χ4n) is 4.01. The molecule has 0 unspecified atom stereocenters. The Hall–Kier alpha value is -2.70. The number of carbonyl (C=O) groups excluding carboxylic acids is 1. The van der Waals surface area contributed by atoms with Crippen LogP contribution in [0, 0.1) is 6.92 Å². The quantitative estimate of drug-likeness (QED) is 0.490. The minimum absolute atomic E-state index is 0.0732. The fraction of sp³-hybridized carbons (Fsp3) is 0.435. The summed E-state index contributed by atoms with van der Waals surface area (Å²) in [6, 6.07) is 10.8. The van der Waals surface area contributed by atoms with E-state index in [1.807, 2.05) is 31.2 Å². The lowest BCUT2D eigenvalue weighted by molar-refractivity contribution is -0.153. The van der Waals surface area contributed by atoms with Gasteiger partial charge in [0.2, 0.25) is 0 Å². The summed E-state index contributed by atoms with van der Waals surface area (Å²) in [5.41, 5.74) is 8.34. The van der Waals surface area contributed by atoms with Gasteiger partial charge in [-0.15, -0.1) is 0 Å². The van der Waals surface area contributed by atoms with Gasteiger partial charge in [-0.3, -0.25) is 4.79 Å². The highest BCUT2D eigenvalue weighted by atomic mass is 19.4. The lowest BCUT2D eigenvalue weighted by atomic mass is 9.77. The molecule has 0 atom stereocenters. The van der Waals surface area contributed by atoms with Crippen molar-refractivity contribution >= 4 is 11.7 Å². The molecule has 0 aliphatic heterocycles. The summed E-state index contributed by atoms with van der Waals surface area (Å²) in [6.45, 7) is 2.45. The zero-order valence-electron chi connectivity index (χ0n) is 17.1. The molecule has 30 heavy (non-hydrogen) atoms. The van der Waals surface area contributed by atoms with E-state index >= 15 is 0 Å². The summed E-state index contributed by atoms with van der Waals surface area (Å²) in [4.78, 5) is 12.9. The van der Waals surface area contributed by atoms with Gasteiger partial charge in [-0.05, 0) is 49.9 Å². The third-order valence-corrected chi connectivity index (χ3v) is 5.57. The maximum absolute atomic E-state index is 12.9. The third-order valence-electron chi connectivity index (χ3n) is 5.57. The van der Waals surface area contributed by atoms with Crippen molar-refractivity contribution in [2.24, 2.45) is 0 Å². The second-order valence-electron chi connectivity index (χ2n) is 7.72. The summed E-state index contributed by atoms with van der Waals surface area (Å²) in [7, 11) is 0. The highest BCUT2D eigenvalue weighted by Crippen LogP contribution is 2.46. The SMILES string of the molecule is CCOC(=O)C1(c2cc(OCC(F)(F)F)c(N)c(-c3ccc(C)cc3)c2)CCCC1. The predicted octanol–water partition coefficient (Wildman–Crippen LogP) is 5.56. The molecular weight excluding hydrogens is 395 g/mol. The average molecular weight is 421 g/mol. The molecule has 0 spiro atoms. The molecule has 7 heteroatoms. The molecule has 0 heterocycles. The zero-order chi connectivity index (χ0) is 21.9. The van der Waals surface area contributed by atoms with Crippen LogP contribution >= 0.6 is 0 Å². The van der Waals surface area contributed by atoms with E-state index in [9.17, 15) is 18.0 Å². The molecule has 0 saturated heterocycles. The predicted molar refractivity (Wildman–Crippen MR) is 109 cm³/mol. The van der Waals surface area contributed by atoms with Crippen LogP contribution in [0.1, 0.15) is 43.7 Å². The van der Waals surface area contributed by atoms with Crippen molar-refractivity contribution in [1.82, 2.24) is 0 Å². The van der Waals surface area contributed by atoms with E-state index in [0.717, 1.165) is 24.0 Å². The Kier molecular flexibility index (Phi) is 6.29. The molecule has 1 saturated carbocycles. The Bertz CT molecular complexity index is 901. The van der Waals surface area contributed by atoms with E-state index in [1.165, 1.54) is 6.07 Å². The number of benzene rings is 2. The highest BCUT2D eigenvalue weighted by molar-refractivity contribution is 5.88. The van der Waals surface area contributed by atoms with Crippen LogP contribution in [-0.2, 0) is 14.9 Å². The summed E-state index contributed by atoms with van der Waals surface area (Å²) >= 11 is 0. The number of nitrogens with two attached hydrogens (primary N) is 1. The van der Waals surface area contributed by atoms with Crippen LogP contribution in [0.3, 0.4) is 0 Å². The van der Waals surface area contributed by atoms with Gasteiger partial charge < -0.3 is 15.2 Å². The number of carbonyl (C=O) groups is 1. The third kappa shape index (κ3) is 4.55. The van der Waals surface area contributed by atoms with Crippen molar-refractivity contribution in [2.45, 2.75) is 51.1 Å². The number of hydrogen-bond donors (Lipinski definition) is 1. The topological polar surface area (TPSA) is 61.5 Å². The molecule has 1 fully saturated rings. The molecule has 1 aliphatic carbocycles.